The molecule has 6 atom stereocenters. The first-order valence-corrected chi connectivity index (χ1v) is 29.7. The van der Waals surface area contributed by atoms with Gasteiger partial charge in [-0.25, -0.2) is 0 Å². The van der Waals surface area contributed by atoms with Crippen LogP contribution in [0.5, 0.6) is 0 Å². The molecule has 7 aliphatic rings. The lowest BCUT2D eigenvalue weighted by Crippen LogP contribution is -2.40. The molecular formula is C57H93BrO14. The molecule has 7 fully saturated rings. The molecule has 0 amide bonds. The fourth-order valence-corrected chi connectivity index (χ4v) is 14.3. The van der Waals surface area contributed by atoms with Crippen molar-refractivity contribution in [3.05, 3.63) is 0 Å². The third-order valence-electron chi connectivity index (χ3n) is 18.3. The first kappa shape index (κ1) is 57.8. The van der Waals surface area contributed by atoms with Crippen molar-refractivity contribution >= 4 is 39.8 Å². The van der Waals surface area contributed by atoms with Crippen molar-refractivity contribution in [1.82, 2.24) is 0 Å². The van der Waals surface area contributed by atoms with Gasteiger partial charge in [0.05, 0.1) is 88.7 Å². The predicted octanol–water partition coefficient (Wildman–Crippen LogP) is 10.0. The minimum absolute atomic E-state index is 0.00821. The number of carbonyl (C=O) groups excluding carboxylic acids is 4. The predicted molar refractivity (Wildman–Crippen MR) is 274 cm³/mol. The molecule has 15 heteroatoms. The van der Waals surface area contributed by atoms with E-state index in [-0.39, 0.29) is 84.2 Å². The SMILES string of the molecule is COC(=O)C1CCC(COC2CC(COC3CC(CBr)CC(OCC4CC(OCC5CCC(C(=O)OC)CC5)CC(OCC5CCC(C(=O)OC)CC5)C4)C3)CC(OCC3CCC(C(=O)OC)CC3)C2)CC1. The number of hydrogen-bond donors (Lipinski definition) is 0. The van der Waals surface area contributed by atoms with E-state index in [2.05, 4.69) is 15.9 Å². The smallest absolute Gasteiger partial charge is 0.308 e. The van der Waals surface area contributed by atoms with Crippen molar-refractivity contribution in [3.8, 4) is 0 Å². The highest BCUT2D eigenvalue weighted by atomic mass is 79.9. The Hall–Kier alpha value is -1.88. The zero-order valence-corrected chi connectivity index (χ0v) is 46.1. The van der Waals surface area contributed by atoms with Gasteiger partial charge in [0.2, 0.25) is 0 Å². The van der Waals surface area contributed by atoms with Gasteiger partial charge in [-0.05, 0) is 202 Å². The van der Waals surface area contributed by atoms with Crippen molar-refractivity contribution in [2.45, 2.75) is 197 Å². The first-order chi connectivity index (χ1) is 35.0. The Kier molecular flexibility index (Phi) is 24.2. The van der Waals surface area contributed by atoms with E-state index in [0.717, 1.165) is 166 Å². The van der Waals surface area contributed by atoms with Gasteiger partial charge in [-0.3, -0.25) is 19.2 Å². The maximum absolute atomic E-state index is 12.2. The lowest BCUT2D eigenvalue weighted by Gasteiger charge is -2.40. The molecule has 0 heterocycles. The average molecular weight is 1080 g/mol. The largest absolute Gasteiger partial charge is 0.469 e. The Morgan fingerprint density at radius 2 is 0.486 bits per heavy atom. The van der Waals surface area contributed by atoms with Gasteiger partial charge in [-0.15, -0.1) is 0 Å². The molecule has 0 aromatic heterocycles. The van der Waals surface area contributed by atoms with Crippen LogP contribution >= 0.6 is 15.9 Å². The molecule has 0 bridgehead atoms. The summed E-state index contributed by atoms with van der Waals surface area (Å²) in [5.74, 6) is 2.62. The number of halogens is 1. The summed E-state index contributed by atoms with van der Waals surface area (Å²) in [5, 5.41) is 0.920. The molecule has 14 nitrogen and oxygen atoms in total. The molecule has 0 aromatic carbocycles. The van der Waals surface area contributed by atoms with Crippen molar-refractivity contribution in [1.29, 1.82) is 0 Å². The average Bonchev–Trinajstić information content (AvgIpc) is 3.43. The van der Waals surface area contributed by atoms with Crippen LogP contribution in [0, 0.1) is 65.1 Å². The van der Waals surface area contributed by atoms with E-state index in [1.54, 1.807) is 0 Å². The number of ether oxygens (including phenoxy) is 10. The molecule has 7 rings (SSSR count). The standard InChI is InChI=1S/C57H93BrO14/c1-63-54(59)44-13-5-37(6-14-44)31-67-50-23-42(24-51(28-50)68-32-38-7-15-45(16-8-38)55(60)64-2)35-71-48-21-41(30-58)22-49(27-48)72-36-43-25-52(69-33-39-9-17-46(18-10-39)56(61)65-3)29-53(26-43)70-34-40-11-19-47(20-12-40)57(62)66-4/h37-53H,5-36H2,1-4H3. The van der Waals surface area contributed by atoms with Gasteiger partial charge >= 0.3 is 23.9 Å². The van der Waals surface area contributed by atoms with Crippen molar-refractivity contribution in [2.75, 3.05) is 73.4 Å². The zero-order valence-electron chi connectivity index (χ0n) is 44.5. The monoisotopic (exact) mass is 1080 g/mol. The van der Waals surface area contributed by atoms with Gasteiger partial charge in [-0.1, -0.05) is 15.9 Å². The number of rotatable bonds is 23. The summed E-state index contributed by atoms with van der Waals surface area (Å²) in [4.78, 5) is 48.7. The first-order valence-electron chi connectivity index (χ1n) is 28.6. The van der Waals surface area contributed by atoms with Gasteiger partial charge in [0.15, 0.2) is 0 Å². The molecule has 0 aromatic rings. The second-order valence-electron chi connectivity index (χ2n) is 23.6. The fourth-order valence-electron chi connectivity index (χ4n) is 13.7. The fraction of sp³-hybridized carbons (Fsp3) is 0.930. The summed E-state index contributed by atoms with van der Waals surface area (Å²) in [7, 11) is 5.94. The summed E-state index contributed by atoms with van der Waals surface area (Å²) >= 11 is 3.84. The van der Waals surface area contributed by atoms with E-state index >= 15 is 0 Å². The lowest BCUT2D eigenvalue weighted by atomic mass is 9.81. The normalized spacial score (nSPS) is 37.8. The van der Waals surface area contributed by atoms with Crippen LogP contribution < -0.4 is 0 Å². The van der Waals surface area contributed by atoms with Gasteiger partial charge < -0.3 is 47.4 Å². The number of esters is 4. The Labute approximate surface area is 440 Å². The highest BCUT2D eigenvalue weighted by molar-refractivity contribution is 9.09. The second-order valence-corrected chi connectivity index (χ2v) is 24.2. The molecule has 0 saturated heterocycles. The molecule has 72 heavy (non-hydrogen) atoms. The van der Waals surface area contributed by atoms with Crippen LogP contribution in [-0.4, -0.2) is 134 Å². The van der Waals surface area contributed by atoms with E-state index in [0.29, 0.717) is 81.1 Å². The van der Waals surface area contributed by atoms with Crippen LogP contribution in [0.3, 0.4) is 0 Å². The molecule has 7 saturated carbocycles. The minimum Gasteiger partial charge on any atom is -0.469 e. The molecule has 0 aliphatic heterocycles. The van der Waals surface area contributed by atoms with Crippen LogP contribution in [0.25, 0.3) is 0 Å². The Bertz CT molecular complexity index is 1410. The molecule has 0 spiro atoms. The van der Waals surface area contributed by atoms with E-state index in [1.807, 2.05) is 0 Å². The highest BCUT2D eigenvalue weighted by Gasteiger charge is 2.38. The Balaban J connectivity index is 0.905. The molecule has 7 aliphatic carbocycles. The van der Waals surface area contributed by atoms with Gasteiger partial charge in [0, 0.05) is 45.0 Å². The molecule has 6 unspecified atom stereocenters. The third kappa shape index (κ3) is 18.1. The molecule has 412 valence electrons. The molecular weight excluding hydrogens is 989 g/mol. The summed E-state index contributed by atoms with van der Waals surface area (Å²) in [6, 6.07) is 0. The second kappa shape index (κ2) is 30.2. The van der Waals surface area contributed by atoms with Crippen LogP contribution in [-0.2, 0) is 66.5 Å². The Morgan fingerprint density at radius 1 is 0.292 bits per heavy atom. The maximum Gasteiger partial charge on any atom is 0.308 e. The van der Waals surface area contributed by atoms with E-state index < -0.39 is 0 Å². The summed E-state index contributed by atoms with van der Waals surface area (Å²) in [6.45, 7) is 4.20. The van der Waals surface area contributed by atoms with Crippen molar-refractivity contribution in [2.24, 2.45) is 65.1 Å². The van der Waals surface area contributed by atoms with E-state index in [4.69, 9.17) is 47.4 Å². The van der Waals surface area contributed by atoms with Gasteiger partial charge in [0.1, 0.15) is 0 Å². The number of alkyl halides is 1. The van der Waals surface area contributed by atoms with Crippen molar-refractivity contribution < 1.29 is 66.5 Å². The van der Waals surface area contributed by atoms with Crippen LogP contribution in [0.2, 0.25) is 0 Å². The summed E-state index contributed by atoms with van der Waals surface area (Å²) < 4.78 is 61.0. The zero-order chi connectivity index (χ0) is 50.8. The quantitative estimate of drug-likeness (QED) is 0.0540. The van der Waals surface area contributed by atoms with E-state index in [9.17, 15) is 19.2 Å². The molecule has 0 N–H and O–H groups in total. The third-order valence-corrected chi connectivity index (χ3v) is 19.2. The van der Waals surface area contributed by atoms with Crippen molar-refractivity contribution in [3.63, 3.8) is 0 Å². The molecule has 0 radical (unpaired) electrons. The maximum atomic E-state index is 12.2. The van der Waals surface area contributed by atoms with Crippen LogP contribution in [0.4, 0.5) is 0 Å². The minimum atomic E-state index is -0.0855. The Morgan fingerprint density at radius 3 is 0.681 bits per heavy atom. The highest BCUT2D eigenvalue weighted by Crippen LogP contribution is 2.39. The van der Waals surface area contributed by atoms with E-state index in [1.165, 1.54) is 28.4 Å². The summed E-state index contributed by atoms with van der Waals surface area (Å²) in [6.07, 6.45) is 23.9. The lowest BCUT2D eigenvalue weighted by molar-refractivity contribution is -0.148. The number of hydrogen-bond acceptors (Lipinski definition) is 14. The number of methoxy groups -OCH3 is 4. The van der Waals surface area contributed by atoms with Crippen LogP contribution in [0.15, 0.2) is 0 Å². The topological polar surface area (TPSA) is 161 Å². The van der Waals surface area contributed by atoms with Crippen LogP contribution in [0.1, 0.15) is 161 Å². The number of carbonyl (C=O) groups is 4. The van der Waals surface area contributed by atoms with Gasteiger partial charge in [-0.2, -0.15) is 0 Å². The summed E-state index contributed by atoms with van der Waals surface area (Å²) in [5.41, 5.74) is 0. The van der Waals surface area contributed by atoms with Gasteiger partial charge in [0.25, 0.3) is 0 Å².